The van der Waals surface area contributed by atoms with Crippen molar-refractivity contribution in [3.63, 3.8) is 0 Å². The van der Waals surface area contributed by atoms with Gasteiger partial charge in [-0.2, -0.15) is 0 Å². The molecular formula is C8H10O3. The van der Waals surface area contributed by atoms with E-state index in [1.54, 1.807) is 0 Å². The summed E-state index contributed by atoms with van der Waals surface area (Å²) in [4.78, 5) is 11.0. The minimum atomic E-state index is -0.591. The quantitative estimate of drug-likeness (QED) is 0.522. The maximum Gasteiger partial charge on any atom is 0.217 e. The van der Waals surface area contributed by atoms with Crippen LogP contribution in [0.15, 0.2) is 12.3 Å². The summed E-state index contributed by atoms with van der Waals surface area (Å²) in [5.41, 5.74) is 0. The summed E-state index contributed by atoms with van der Waals surface area (Å²) in [7, 11) is 0. The predicted octanol–water partition coefficient (Wildman–Crippen LogP) is 0.996. The molecule has 2 aliphatic rings. The molecule has 3 heteroatoms. The highest BCUT2D eigenvalue weighted by atomic mass is 16.7. The molecule has 2 rings (SSSR count). The molecule has 2 heterocycles. The summed E-state index contributed by atoms with van der Waals surface area (Å²) in [6.45, 7) is 0.709. The molecule has 3 nitrogen and oxygen atoms in total. The second-order valence-electron chi connectivity index (χ2n) is 2.93. The Balaban J connectivity index is 2.15. The summed E-state index contributed by atoms with van der Waals surface area (Å²) in [6.07, 6.45) is 5.10. The molecule has 0 aliphatic carbocycles. The fourth-order valence-corrected chi connectivity index (χ4v) is 1.50. The first-order valence-electron chi connectivity index (χ1n) is 3.82. The van der Waals surface area contributed by atoms with Crippen LogP contribution in [-0.2, 0) is 14.3 Å². The standard InChI is InChI=1S/C8H10O3/c9-7-2-5-11-8(6-7)3-1-4-10-8/h2,5H,1,3-4,6H2. The zero-order valence-corrected chi connectivity index (χ0v) is 6.21. The average Bonchev–Trinajstić information content (AvgIpc) is 2.37. The molecular weight excluding hydrogens is 144 g/mol. The van der Waals surface area contributed by atoms with Crippen molar-refractivity contribution in [3.8, 4) is 0 Å². The SMILES string of the molecule is O=C1C=COC2(CCCO2)C1. The molecule has 11 heavy (non-hydrogen) atoms. The third-order valence-electron chi connectivity index (χ3n) is 2.05. The van der Waals surface area contributed by atoms with Gasteiger partial charge in [-0.25, -0.2) is 0 Å². The number of hydrogen-bond acceptors (Lipinski definition) is 3. The lowest BCUT2D eigenvalue weighted by Crippen LogP contribution is -2.34. The number of ether oxygens (including phenoxy) is 2. The molecule has 0 saturated carbocycles. The Kier molecular flexibility index (Phi) is 1.46. The highest BCUT2D eigenvalue weighted by Crippen LogP contribution is 2.32. The Morgan fingerprint density at radius 2 is 2.45 bits per heavy atom. The number of hydrogen-bond donors (Lipinski definition) is 0. The first kappa shape index (κ1) is 6.85. The molecule has 1 atom stereocenters. The third-order valence-corrected chi connectivity index (χ3v) is 2.05. The van der Waals surface area contributed by atoms with Crippen LogP contribution in [0.3, 0.4) is 0 Å². The van der Waals surface area contributed by atoms with Gasteiger partial charge < -0.3 is 9.47 Å². The fraction of sp³-hybridized carbons (Fsp3) is 0.625. The minimum Gasteiger partial charge on any atom is -0.469 e. The van der Waals surface area contributed by atoms with Crippen molar-refractivity contribution in [2.75, 3.05) is 6.61 Å². The zero-order chi connectivity index (χ0) is 7.73. The third kappa shape index (κ3) is 1.16. The Morgan fingerprint density at radius 1 is 1.55 bits per heavy atom. The minimum absolute atomic E-state index is 0.0955. The van der Waals surface area contributed by atoms with Gasteiger partial charge in [0.1, 0.15) is 0 Å². The van der Waals surface area contributed by atoms with Crippen molar-refractivity contribution < 1.29 is 14.3 Å². The lowest BCUT2D eigenvalue weighted by Gasteiger charge is -2.28. The molecule has 0 N–H and O–H groups in total. The van der Waals surface area contributed by atoms with Crippen molar-refractivity contribution in [2.45, 2.75) is 25.0 Å². The van der Waals surface area contributed by atoms with Crippen LogP contribution in [0.4, 0.5) is 0 Å². The van der Waals surface area contributed by atoms with Crippen LogP contribution in [-0.4, -0.2) is 18.2 Å². The average molecular weight is 154 g/mol. The molecule has 0 amide bonds. The Labute approximate surface area is 65.0 Å². The lowest BCUT2D eigenvalue weighted by atomic mass is 10.0. The second kappa shape index (κ2) is 2.34. The summed E-state index contributed by atoms with van der Waals surface area (Å²) in [5, 5.41) is 0. The van der Waals surface area contributed by atoms with E-state index in [0.29, 0.717) is 13.0 Å². The molecule has 0 aromatic carbocycles. The maximum atomic E-state index is 11.0. The van der Waals surface area contributed by atoms with E-state index in [9.17, 15) is 4.79 Å². The predicted molar refractivity (Wildman–Crippen MR) is 37.8 cm³/mol. The summed E-state index contributed by atoms with van der Waals surface area (Å²) < 4.78 is 10.6. The first-order chi connectivity index (χ1) is 5.31. The van der Waals surface area contributed by atoms with Crippen molar-refractivity contribution in [1.82, 2.24) is 0 Å². The van der Waals surface area contributed by atoms with E-state index in [0.717, 1.165) is 12.8 Å². The van der Waals surface area contributed by atoms with Crippen molar-refractivity contribution >= 4 is 5.78 Å². The molecule has 1 spiro atoms. The van der Waals surface area contributed by atoms with E-state index in [1.807, 2.05) is 0 Å². The largest absolute Gasteiger partial charge is 0.469 e. The molecule has 0 radical (unpaired) electrons. The van der Waals surface area contributed by atoms with Gasteiger partial charge >= 0.3 is 0 Å². The van der Waals surface area contributed by atoms with Gasteiger partial charge in [0.15, 0.2) is 5.78 Å². The van der Waals surface area contributed by atoms with Gasteiger partial charge in [0.25, 0.3) is 0 Å². The van der Waals surface area contributed by atoms with E-state index >= 15 is 0 Å². The Hall–Kier alpha value is -0.830. The molecule has 60 valence electrons. The molecule has 1 unspecified atom stereocenters. The van der Waals surface area contributed by atoms with Gasteiger partial charge in [0.05, 0.1) is 19.3 Å². The van der Waals surface area contributed by atoms with Crippen LogP contribution in [0.25, 0.3) is 0 Å². The number of allylic oxidation sites excluding steroid dienone is 1. The number of rotatable bonds is 0. The van der Waals surface area contributed by atoms with Crippen LogP contribution in [0.5, 0.6) is 0 Å². The van der Waals surface area contributed by atoms with E-state index < -0.39 is 5.79 Å². The van der Waals surface area contributed by atoms with Crippen LogP contribution in [0, 0.1) is 0 Å². The van der Waals surface area contributed by atoms with Crippen molar-refractivity contribution in [2.24, 2.45) is 0 Å². The number of carbonyl (C=O) groups excluding carboxylic acids is 1. The smallest absolute Gasteiger partial charge is 0.217 e. The Morgan fingerprint density at radius 3 is 3.09 bits per heavy atom. The van der Waals surface area contributed by atoms with Crippen LogP contribution >= 0.6 is 0 Å². The monoisotopic (exact) mass is 154 g/mol. The van der Waals surface area contributed by atoms with Gasteiger partial charge in [-0.3, -0.25) is 4.79 Å². The number of ketones is 1. The van der Waals surface area contributed by atoms with Gasteiger partial charge in [0.2, 0.25) is 5.79 Å². The molecule has 0 aromatic heterocycles. The molecule has 1 saturated heterocycles. The second-order valence-corrected chi connectivity index (χ2v) is 2.93. The lowest BCUT2D eigenvalue weighted by molar-refractivity contribution is -0.186. The van der Waals surface area contributed by atoms with Gasteiger partial charge in [-0.05, 0) is 6.42 Å². The molecule has 1 fully saturated rings. The van der Waals surface area contributed by atoms with Gasteiger partial charge in [-0.1, -0.05) is 0 Å². The van der Waals surface area contributed by atoms with Gasteiger partial charge in [-0.15, -0.1) is 0 Å². The fourth-order valence-electron chi connectivity index (χ4n) is 1.50. The highest BCUT2D eigenvalue weighted by Gasteiger charge is 2.39. The molecule has 0 bridgehead atoms. The summed E-state index contributed by atoms with van der Waals surface area (Å²) in [5.74, 6) is -0.496. The molecule has 0 aromatic rings. The topological polar surface area (TPSA) is 35.5 Å². The summed E-state index contributed by atoms with van der Waals surface area (Å²) in [6, 6.07) is 0. The van der Waals surface area contributed by atoms with Crippen molar-refractivity contribution in [3.05, 3.63) is 12.3 Å². The number of carbonyl (C=O) groups is 1. The highest BCUT2D eigenvalue weighted by molar-refractivity contribution is 5.90. The van der Waals surface area contributed by atoms with Crippen LogP contribution in [0.2, 0.25) is 0 Å². The first-order valence-corrected chi connectivity index (χ1v) is 3.82. The van der Waals surface area contributed by atoms with E-state index in [4.69, 9.17) is 9.47 Å². The van der Waals surface area contributed by atoms with E-state index in [-0.39, 0.29) is 5.78 Å². The zero-order valence-electron chi connectivity index (χ0n) is 6.21. The summed E-state index contributed by atoms with van der Waals surface area (Å²) >= 11 is 0. The van der Waals surface area contributed by atoms with Gasteiger partial charge in [0, 0.05) is 12.5 Å². The Bertz CT molecular complexity index is 201. The molecule has 2 aliphatic heterocycles. The van der Waals surface area contributed by atoms with E-state index in [1.165, 1.54) is 12.3 Å². The van der Waals surface area contributed by atoms with Crippen LogP contribution in [0.1, 0.15) is 19.3 Å². The van der Waals surface area contributed by atoms with Crippen LogP contribution < -0.4 is 0 Å². The van der Waals surface area contributed by atoms with E-state index in [2.05, 4.69) is 0 Å². The normalized spacial score (nSPS) is 36.2. The maximum absolute atomic E-state index is 11.0. The van der Waals surface area contributed by atoms with Crippen molar-refractivity contribution in [1.29, 1.82) is 0 Å².